The summed E-state index contributed by atoms with van der Waals surface area (Å²) in [4.78, 5) is 8.03. The summed E-state index contributed by atoms with van der Waals surface area (Å²) in [6, 6.07) is 16.3. The van der Waals surface area contributed by atoms with Crippen molar-refractivity contribution < 1.29 is 4.52 Å². The van der Waals surface area contributed by atoms with E-state index in [9.17, 15) is 0 Å². The van der Waals surface area contributed by atoms with Crippen LogP contribution in [0.4, 0.5) is 0 Å². The number of piperazine rings is 1. The molecular formula is C20H20N6OS. The summed E-state index contributed by atoms with van der Waals surface area (Å²) >= 11 is 1.68. The number of nitrogens with zero attached hydrogens (tertiary/aromatic N) is 5. The maximum atomic E-state index is 5.59. The van der Waals surface area contributed by atoms with E-state index in [1.54, 1.807) is 11.3 Å². The van der Waals surface area contributed by atoms with Crippen LogP contribution in [0, 0.1) is 0 Å². The Morgan fingerprint density at radius 2 is 2.07 bits per heavy atom. The quantitative estimate of drug-likeness (QED) is 0.575. The molecular weight excluding hydrogens is 372 g/mol. The highest BCUT2D eigenvalue weighted by molar-refractivity contribution is 7.13. The number of likely N-dealkylation sites (N-methyl/N-ethyl adjacent to an activating group) is 1. The van der Waals surface area contributed by atoms with Crippen LogP contribution in [0.15, 0.2) is 58.4 Å². The van der Waals surface area contributed by atoms with Crippen molar-refractivity contribution in [2.24, 2.45) is 0 Å². The van der Waals surface area contributed by atoms with Gasteiger partial charge in [-0.25, -0.2) is 4.68 Å². The Labute approximate surface area is 166 Å². The third-order valence-corrected chi connectivity index (χ3v) is 5.85. The average Bonchev–Trinajstić information content (AvgIpc) is 3.48. The second-order valence-electron chi connectivity index (χ2n) is 6.80. The maximum Gasteiger partial charge on any atom is 0.278 e. The minimum Gasteiger partial charge on any atom is -0.332 e. The predicted octanol–water partition coefficient (Wildman–Crippen LogP) is 3.23. The number of aromatic nitrogens is 4. The zero-order valence-electron chi connectivity index (χ0n) is 15.4. The minimum atomic E-state index is 0.110. The molecule has 28 heavy (non-hydrogen) atoms. The van der Waals surface area contributed by atoms with Crippen molar-refractivity contribution in [3.8, 4) is 27.8 Å². The Balaban J connectivity index is 1.54. The molecule has 0 amide bonds. The van der Waals surface area contributed by atoms with E-state index in [4.69, 9.17) is 9.62 Å². The second-order valence-corrected chi connectivity index (χ2v) is 7.75. The van der Waals surface area contributed by atoms with E-state index in [1.165, 1.54) is 0 Å². The number of benzene rings is 1. The van der Waals surface area contributed by atoms with Crippen molar-refractivity contribution in [1.29, 1.82) is 0 Å². The fraction of sp³-hybridized carbons (Fsp3) is 0.250. The van der Waals surface area contributed by atoms with Gasteiger partial charge in [0, 0.05) is 19.6 Å². The van der Waals surface area contributed by atoms with Crippen LogP contribution in [0.25, 0.3) is 27.8 Å². The van der Waals surface area contributed by atoms with Gasteiger partial charge in [-0.2, -0.15) is 10.1 Å². The number of hydrogen-bond acceptors (Lipinski definition) is 7. The van der Waals surface area contributed by atoms with Crippen LogP contribution >= 0.6 is 11.3 Å². The van der Waals surface area contributed by atoms with Crippen LogP contribution in [-0.4, -0.2) is 51.5 Å². The molecule has 1 unspecified atom stereocenters. The van der Waals surface area contributed by atoms with Gasteiger partial charge in [-0.3, -0.25) is 4.90 Å². The molecule has 1 aliphatic heterocycles. The molecule has 1 N–H and O–H groups in total. The summed E-state index contributed by atoms with van der Waals surface area (Å²) in [5.74, 6) is 1.14. The van der Waals surface area contributed by atoms with Crippen molar-refractivity contribution in [3.05, 3.63) is 59.7 Å². The molecule has 0 aliphatic carbocycles. The van der Waals surface area contributed by atoms with Crippen LogP contribution in [0.3, 0.4) is 0 Å². The van der Waals surface area contributed by atoms with Gasteiger partial charge in [0.2, 0.25) is 0 Å². The van der Waals surface area contributed by atoms with Crippen LogP contribution in [0.2, 0.25) is 0 Å². The van der Waals surface area contributed by atoms with E-state index in [-0.39, 0.29) is 6.04 Å². The molecule has 5 rings (SSSR count). The standard InChI is InChI=1S/C20H20N6OS/c1-25-10-9-21-13-17(25)19-22-20(27-24-19)15-12-16(18-8-5-11-28-18)26(23-15)14-6-3-2-4-7-14/h2-8,11-12,17,21H,9-10,13H2,1H3. The topological polar surface area (TPSA) is 72.0 Å². The largest absolute Gasteiger partial charge is 0.332 e. The zero-order valence-corrected chi connectivity index (χ0v) is 16.3. The number of para-hydroxylation sites is 1. The van der Waals surface area contributed by atoms with E-state index in [0.29, 0.717) is 17.4 Å². The van der Waals surface area contributed by atoms with Gasteiger partial charge < -0.3 is 9.84 Å². The molecule has 8 heteroatoms. The normalized spacial score (nSPS) is 17.8. The van der Waals surface area contributed by atoms with Crippen molar-refractivity contribution in [1.82, 2.24) is 30.1 Å². The van der Waals surface area contributed by atoms with Gasteiger partial charge in [-0.1, -0.05) is 29.4 Å². The first kappa shape index (κ1) is 17.3. The fourth-order valence-electron chi connectivity index (χ4n) is 3.42. The van der Waals surface area contributed by atoms with Gasteiger partial charge in [0.05, 0.1) is 22.3 Å². The van der Waals surface area contributed by atoms with Crippen LogP contribution in [0.1, 0.15) is 11.9 Å². The van der Waals surface area contributed by atoms with E-state index in [1.807, 2.05) is 47.1 Å². The average molecular weight is 392 g/mol. The molecule has 3 aromatic heterocycles. The smallest absolute Gasteiger partial charge is 0.278 e. The Kier molecular flexibility index (Phi) is 4.52. The number of rotatable bonds is 4. The second kappa shape index (κ2) is 7.31. The molecule has 1 aromatic carbocycles. The third kappa shape index (κ3) is 3.15. The highest BCUT2D eigenvalue weighted by Crippen LogP contribution is 2.31. The molecule has 0 saturated carbocycles. The van der Waals surface area contributed by atoms with Gasteiger partial charge in [0.25, 0.3) is 5.89 Å². The number of hydrogen-bond donors (Lipinski definition) is 1. The summed E-state index contributed by atoms with van der Waals surface area (Å²) in [7, 11) is 2.08. The summed E-state index contributed by atoms with van der Waals surface area (Å²) in [6.07, 6.45) is 0. The summed E-state index contributed by atoms with van der Waals surface area (Å²) in [5, 5.41) is 14.5. The van der Waals surface area contributed by atoms with Gasteiger partial charge in [-0.15, -0.1) is 11.3 Å². The van der Waals surface area contributed by atoms with Crippen LogP contribution in [-0.2, 0) is 0 Å². The Morgan fingerprint density at radius 1 is 1.18 bits per heavy atom. The predicted molar refractivity (Wildman–Crippen MR) is 108 cm³/mol. The fourth-order valence-corrected chi connectivity index (χ4v) is 4.15. The van der Waals surface area contributed by atoms with Crippen molar-refractivity contribution in [2.45, 2.75) is 6.04 Å². The van der Waals surface area contributed by atoms with Crippen molar-refractivity contribution in [2.75, 3.05) is 26.7 Å². The maximum absolute atomic E-state index is 5.59. The molecule has 4 aromatic rings. The van der Waals surface area contributed by atoms with Crippen molar-refractivity contribution in [3.63, 3.8) is 0 Å². The highest BCUT2D eigenvalue weighted by atomic mass is 32.1. The molecule has 0 bridgehead atoms. The monoisotopic (exact) mass is 392 g/mol. The SMILES string of the molecule is CN1CCNCC1c1noc(-c2cc(-c3cccs3)n(-c3ccccc3)n2)n1. The van der Waals surface area contributed by atoms with Crippen molar-refractivity contribution >= 4 is 11.3 Å². The Hall–Kier alpha value is -2.81. The third-order valence-electron chi connectivity index (χ3n) is 4.95. The Bertz CT molecular complexity index is 1060. The molecule has 1 aliphatic rings. The molecule has 0 radical (unpaired) electrons. The van der Waals surface area contributed by atoms with Crippen LogP contribution in [0.5, 0.6) is 0 Å². The van der Waals surface area contributed by atoms with Gasteiger partial charge in [0.1, 0.15) is 0 Å². The molecule has 1 atom stereocenters. The van der Waals surface area contributed by atoms with Gasteiger partial charge in [-0.05, 0) is 36.7 Å². The van der Waals surface area contributed by atoms with E-state index in [2.05, 4.69) is 38.9 Å². The summed E-state index contributed by atoms with van der Waals surface area (Å²) in [5.41, 5.74) is 2.68. The van der Waals surface area contributed by atoms with E-state index < -0.39 is 0 Å². The molecule has 4 heterocycles. The number of thiophene rings is 1. The molecule has 1 saturated heterocycles. The first-order valence-corrected chi connectivity index (χ1v) is 10.1. The lowest BCUT2D eigenvalue weighted by Crippen LogP contribution is -2.44. The number of nitrogens with one attached hydrogen (secondary N) is 1. The Morgan fingerprint density at radius 3 is 2.86 bits per heavy atom. The lowest BCUT2D eigenvalue weighted by molar-refractivity contribution is 0.190. The highest BCUT2D eigenvalue weighted by Gasteiger charge is 2.26. The molecule has 1 fully saturated rings. The summed E-state index contributed by atoms with van der Waals surface area (Å²) in [6.45, 7) is 2.75. The van der Waals surface area contributed by atoms with E-state index in [0.717, 1.165) is 35.9 Å². The zero-order chi connectivity index (χ0) is 18.9. The van der Waals surface area contributed by atoms with Gasteiger partial charge >= 0.3 is 0 Å². The first-order valence-electron chi connectivity index (χ1n) is 9.24. The minimum absolute atomic E-state index is 0.110. The molecule has 0 spiro atoms. The summed E-state index contributed by atoms with van der Waals surface area (Å²) < 4.78 is 7.52. The molecule has 142 valence electrons. The molecule has 7 nitrogen and oxygen atoms in total. The van der Waals surface area contributed by atoms with Crippen LogP contribution < -0.4 is 5.32 Å². The lowest BCUT2D eigenvalue weighted by Gasteiger charge is -2.30. The van der Waals surface area contributed by atoms with Gasteiger partial charge in [0.15, 0.2) is 11.5 Å². The lowest BCUT2D eigenvalue weighted by atomic mass is 10.2. The first-order chi connectivity index (χ1) is 13.8. The van der Waals surface area contributed by atoms with E-state index >= 15 is 0 Å².